The van der Waals surface area contributed by atoms with Gasteiger partial charge < -0.3 is 4.74 Å². The second kappa shape index (κ2) is 10.2. The number of amides is 2. The highest BCUT2D eigenvalue weighted by molar-refractivity contribution is 9.10. The number of carbonyl (C=O) groups is 2. The van der Waals surface area contributed by atoms with Crippen molar-refractivity contribution >= 4 is 55.8 Å². The number of rotatable bonds is 5. The van der Waals surface area contributed by atoms with Crippen molar-refractivity contribution in [3.63, 3.8) is 0 Å². The van der Waals surface area contributed by atoms with Gasteiger partial charge in [-0.1, -0.05) is 58.4 Å². The predicted octanol–water partition coefficient (Wildman–Crippen LogP) is 3.88. The van der Waals surface area contributed by atoms with Gasteiger partial charge in [0, 0.05) is 4.47 Å². The van der Waals surface area contributed by atoms with Gasteiger partial charge in [0.05, 0.1) is 18.6 Å². The van der Waals surface area contributed by atoms with Crippen molar-refractivity contribution in [1.29, 1.82) is 0 Å². The van der Waals surface area contributed by atoms with Gasteiger partial charge in [0.1, 0.15) is 5.75 Å². The van der Waals surface area contributed by atoms with Crippen LogP contribution in [0.2, 0.25) is 0 Å². The van der Waals surface area contributed by atoms with Gasteiger partial charge in [-0.15, -0.1) is 0 Å². The van der Waals surface area contributed by atoms with Crippen LogP contribution in [0.3, 0.4) is 0 Å². The molecule has 0 saturated heterocycles. The summed E-state index contributed by atoms with van der Waals surface area (Å²) in [5.41, 5.74) is 6.31. The molecule has 0 saturated carbocycles. The minimum atomic E-state index is -0.444. The lowest BCUT2D eigenvalue weighted by molar-refractivity contribution is -0.121. The first-order valence-electron chi connectivity index (χ1n) is 9.27. The normalized spacial score (nSPS) is 10.3. The molecule has 3 aromatic rings. The molecular formula is C22H20BrN3O3S. The molecule has 2 amide bonds. The van der Waals surface area contributed by atoms with Crippen molar-refractivity contribution in [2.75, 3.05) is 6.61 Å². The number of ether oxygens (including phenoxy) is 1. The van der Waals surface area contributed by atoms with E-state index in [2.05, 4.69) is 32.1 Å². The van der Waals surface area contributed by atoms with Crippen molar-refractivity contribution in [2.24, 2.45) is 0 Å². The van der Waals surface area contributed by atoms with Crippen LogP contribution in [0.15, 0.2) is 65.1 Å². The lowest BCUT2D eigenvalue weighted by atomic mass is 10.0. The van der Waals surface area contributed by atoms with Gasteiger partial charge in [-0.25, -0.2) is 0 Å². The first-order valence-corrected chi connectivity index (χ1v) is 10.5. The number of fused-ring (bicyclic) bond motifs is 1. The Morgan fingerprint density at radius 1 is 1.03 bits per heavy atom. The van der Waals surface area contributed by atoms with Crippen molar-refractivity contribution < 1.29 is 14.3 Å². The molecule has 154 valence electrons. The Balaban J connectivity index is 1.57. The molecular weight excluding hydrogens is 466 g/mol. The predicted molar refractivity (Wildman–Crippen MR) is 124 cm³/mol. The molecule has 0 fully saturated rings. The molecule has 0 spiro atoms. The van der Waals surface area contributed by atoms with E-state index in [-0.39, 0.29) is 17.4 Å². The van der Waals surface area contributed by atoms with Crippen molar-refractivity contribution in [3.05, 3.63) is 76.3 Å². The summed E-state index contributed by atoms with van der Waals surface area (Å²) < 4.78 is 6.21. The highest BCUT2D eigenvalue weighted by Gasteiger charge is 2.15. The van der Waals surface area contributed by atoms with Gasteiger partial charge in [0.2, 0.25) is 5.91 Å². The van der Waals surface area contributed by atoms with E-state index in [0.717, 1.165) is 20.8 Å². The number of benzene rings is 3. The fourth-order valence-corrected chi connectivity index (χ4v) is 3.46. The molecule has 0 radical (unpaired) electrons. The van der Waals surface area contributed by atoms with Gasteiger partial charge in [-0.3, -0.25) is 25.8 Å². The van der Waals surface area contributed by atoms with E-state index < -0.39 is 5.91 Å². The molecule has 3 N–H and O–H groups in total. The van der Waals surface area contributed by atoms with Crippen LogP contribution in [0.1, 0.15) is 22.8 Å². The van der Waals surface area contributed by atoms with E-state index in [1.165, 1.54) is 0 Å². The average molecular weight is 486 g/mol. The summed E-state index contributed by atoms with van der Waals surface area (Å²) in [5.74, 6) is -0.276. The van der Waals surface area contributed by atoms with Crippen LogP contribution in [0, 0.1) is 0 Å². The maximum Gasteiger partial charge on any atom is 0.261 e. The smallest absolute Gasteiger partial charge is 0.261 e. The highest BCUT2D eigenvalue weighted by atomic mass is 79.9. The Hall–Kier alpha value is -2.97. The lowest BCUT2D eigenvalue weighted by Crippen LogP contribution is -2.48. The molecule has 0 aliphatic rings. The number of hydrogen-bond acceptors (Lipinski definition) is 4. The van der Waals surface area contributed by atoms with Gasteiger partial charge in [-0.2, -0.15) is 0 Å². The van der Waals surface area contributed by atoms with Crippen molar-refractivity contribution in [1.82, 2.24) is 16.2 Å². The zero-order chi connectivity index (χ0) is 21.5. The van der Waals surface area contributed by atoms with E-state index in [4.69, 9.17) is 17.0 Å². The fourth-order valence-electron chi connectivity index (χ4n) is 2.95. The summed E-state index contributed by atoms with van der Waals surface area (Å²) in [5, 5.41) is 4.60. The molecule has 3 aromatic carbocycles. The van der Waals surface area contributed by atoms with Gasteiger partial charge in [-0.05, 0) is 53.7 Å². The molecule has 6 nitrogen and oxygen atoms in total. The van der Waals surface area contributed by atoms with E-state index in [9.17, 15) is 9.59 Å². The largest absolute Gasteiger partial charge is 0.493 e. The van der Waals surface area contributed by atoms with E-state index >= 15 is 0 Å². The molecule has 0 unspecified atom stereocenters. The van der Waals surface area contributed by atoms with Crippen LogP contribution >= 0.6 is 28.1 Å². The van der Waals surface area contributed by atoms with Crippen LogP contribution in [-0.4, -0.2) is 23.5 Å². The molecule has 0 bridgehead atoms. The fraction of sp³-hybridized carbons (Fsp3) is 0.136. The molecule has 30 heavy (non-hydrogen) atoms. The zero-order valence-electron chi connectivity index (χ0n) is 16.2. The van der Waals surface area contributed by atoms with E-state index in [0.29, 0.717) is 17.9 Å². The maximum absolute atomic E-state index is 12.5. The summed E-state index contributed by atoms with van der Waals surface area (Å²) in [7, 11) is 0. The lowest BCUT2D eigenvalue weighted by Gasteiger charge is -2.13. The highest BCUT2D eigenvalue weighted by Crippen LogP contribution is 2.23. The number of nitrogens with one attached hydrogen (secondary N) is 3. The van der Waals surface area contributed by atoms with Crippen LogP contribution in [-0.2, 0) is 11.2 Å². The third kappa shape index (κ3) is 5.55. The van der Waals surface area contributed by atoms with Crippen molar-refractivity contribution in [3.8, 4) is 5.75 Å². The standard InChI is InChI=1S/C22H20BrN3O3S/c1-2-29-19-11-10-16(23)13-18(19)21(28)24-22(30)26-25-20(27)12-15-8-5-7-14-6-3-4-9-17(14)15/h3-11,13H,2,12H2,1H3,(H,25,27)(H2,24,26,28,30). The third-order valence-corrected chi connectivity index (χ3v) is 4.96. The quantitative estimate of drug-likeness (QED) is 0.377. The van der Waals surface area contributed by atoms with Gasteiger partial charge >= 0.3 is 0 Å². The Kier molecular flexibility index (Phi) is 7.37. The summed E-state index contributed by atoms with van der Waals surface area (Å²) in [6.45, 7) is 2.26. The molecule has 0 heterocycles. The third-order valence-electron chi connectivity index (χ3n) is 4.26. The molecule has 0 aliphatic carbocycles. The molecule has 0 atom stereocenters. The Labute approximate surface area is 188 Å². The number of halogens is 1. The van der Waals surface area contributed by atoms with Crippen LogP contribution in [0.4, 0.5) is 0 Å². The zero-order valence-corrected chi connectivity index (χ0v) is 18.6. The molecule has 0 aliphatic heterocycles. The first kappa shape index (κ1) is 21.7. The summed E-state index contributed by atoms with van der Waals surface area (Å²) in [6, 6.07) is 18.8. The van der Waals surface area contributed by atoms with Crippen LogP contribution in [0.25, 0.3) is 10.8 Å². The SMILES string of the molecule is CCOc1ccc(Br)cc1C(=O)NC(=S)NNC(=O)Cc1cccc2ccccc12. The number of carbonyl (C=O) groups excluding carboxylic acids is 2. The Bertz CT molecular complexity index is 1100. The molecule has 8 heteroatoms. The second-order valence-corrected chi connectivity index (χ2v) is 7.67. The van der Waals surface area contributed by atoms with E-state index in [1.807, 2.05) is 49.4 Å². The minimum absolute atomic E-state index is 0.0197. The second-order valence-electron chi connectivity index (χ2n) is 6.34. The van der Waals surface area contributed by atoms with Gasteiger partial charge in [0.15, 0.2) is 5.11 Å². The summed E-state index contributed by atoms with van der Waals surface area (Å²) in [6.07, 6.45) is 0.172. The number of thiocarbonyl (C=S) groups is 1. The summed E-state index contributed by atoms with van der Waals surface area (Å²) >= 11 is 8.46. The summed E-state index contributed by atoms with van der Waals surface area (Å²) in [4.78, 5) is 24.9. The van der Waals surface area contributed by atoms with E-state index in [1.54, 1.807) is 18.2 Å². The topological polar surface area (TPSA) is 79.5 Å². The monoisotopic (exact) mass is 485 g/mol. The Morgan fingerprint density at radius 2 is 1.80 bits per heavy atom. The van der Waals surface area contributed by atoms with Crippen LogP contribution in [0.5, 0.6) is 5.75 Å². The minimum Gasteiger partial charge on any atom is -0.493 e. The molecule has 0 aromatic heterocycles. The Morgan fingerprint density at radius 3 is 2.60 bits per heavy atom. The van der Waals surface area contributed by atoms with Gasteiger partial charge in [0.25, 0.3) is 5.91 Å². The molecule has 3 rings (SSSR count). The number of hydrazine groups is 1. The maximum atomic E-state index is 12.5. The first-order chi connectivity index (χ1) is 14.5. The number of hydrogen-bond donors (Lipinski definition) is 3. The average Bonchev–Trinajstić information content (AvgIpc) is 2.74. The van der Waals surface area contributed by atoms with Crippen molar-refractivity contribution in [2.45, 2.75) is 13.3 Å². The van der Waals surface area contributed by atoms with Crippen LogP contribution < -0.4 is 20.9 Å².